The van der Waals surface area contributed by atoms with Crippen LogP contribution in [0.5, 0.6) is 0 Å². The molecule has 2 unspecified atom stereocenters. The first-order valence-electron chi connectivity index (χ1n) is 9.05. The molecule has 0 saturated carbocycles. The van der Waals surface area contributed by atoms with Gasteiger partial charge in [-0.3, -0.25) is 4.79 Å². The lowest BCUT2D eigenvalue weighted by atomic mass is 9.96. The molecule has 0 bridgehead atoms. The maximum atomic E-state index is 12.2. The van der Waals surface area contributed by atoms with Gasteiger partial charge in [-0.15, -0.1) is 11.8 Å². The summed E-state index contributed by atoms with van der Waals surface area (Å²) < 4.78 is 0. The normalized spacial score (nSPS) is 13.5. The highest BCUT2D eigenvalue weighted by Crippen LogP contribution is 2.27. The molecule has 0 radical (unpaired) electrons. The fourth-order valence-corrected chi connectivity index (χ4v) is 3.73. The number of aromatic nitrogens is 2. The zero-order valence-corrected chi connectivity index (χ0v) is 16.1. The van der Waals surface area contributed by atoms with E-state index in [-0.39, 0.29) is 11.2 Å². The van der Waals surface area contributed by atoms with Gasteiger partial charge in [0.25, 0.3) is 0 Å². The van der Waals surface area contributed by atoms with Gasteiger partial charge < -0.3 is 10.3 Å². The molecule has 0 aliphatic heterocycles. The highest BCUT2D eigenvalue weighted by atomic mass is 32.2. The van der Waals surface area contributed by atoms with Crippen LogP contribution in [-0.4, -0.2) is 28.2 Å². The Kier molecular flexibility index (Phi) is 6.34. The molecule has 1 amide bonds. The quantitative estimate of drug-likeness (QED) is 0.608. The van der Waals surface area contributed by atoms with E-state index in [9.17, 15) is 4.79 Å². The van der Waals surface area contributed by atoms with E-state index in [0.717, 1.165) is 23.3 Å². The van der Waals surface area contributed by atoms with E-state index in [2.05, 4.69) is 41.3 Å². The van der Waals surface area contributed by atoms with Gasteiger partial charge in [0.05, 0.1) is 22.0 Å². The molecule has 2 atom stereocenters. The SMILES string of the molecule is CCC(CNC(=O)CSC(C)c1nc2ccccc2[nH]1)c1ccccc1. The van der Waals surface area contributed by atoms with Crippen molar-refractivity contribution >= 4 is 28.7 Å². The van der Waals surface area contributed by atoms with Crippen LogP contribution in [0.3, 0.4) is 0 Å². The summed E-state index contributed by atoms with van der Waals surface area (Å²) in [6.07, 6.45) is 1.01. The number of para-hydroxylation sites is 2. The topological polar surface area (TPSA) is 57.8 Å². The van der Waals surface area contributed by atoms with Crippen molar-refractivity contribution in [2.75, 3.05) is 12.3 Å². The lowest BCUT2D eigenvalue weighted by Gasteiger charge is -2.16. The largest absolute Gasteiger partial charge is 0.355 e. The monoisotopic (exact) mass is 367 g/mol. The van der Waals surface area contributed by atoms with Crippen molar-refractivity contribution in [3.05, 3.63) is 66.0 Å². The molecule has 4 nitrogen and oxygen atoms in total. The van der Waals surface area contributed by atoms with Gasteiger partial charge in [-0.25, -0.2) is 4.98 Å². The Bertz CT molecular complexity index is 814. The summed E-state index contributed by atoms with van der Waals surface area (Å²) in [7, 11) is 0. The maximum Gasteiger partial charge on any atom is 0.230 e. The van der Waals surface area contributed by atoms with Gasteiger partial charge in [0.15, 0.2) is 0 Å². The Morgan fingerprint density at radius 2 is 1.88 bits per heavy atom. The molecule has 2 N–H and O–H groups in total. The van der Waals surface area contributed by atoms with E-state index in [1.165, 1.54) is 5.56 Å². The molecule has 3 rings (SSSR count). The minimum absolute atomic E-state index is 0.0762. The summed E-state index contributed by atoms with van der Waals surface area (Å²) >= 11 is 1.60. The molecule has 3 aromatic rings. The number of carbonyl (C=O) groups is 1. The zero-order valence-electron chi connectivity index (χ0n) is 15.2. The molecular formula is C21H25N3OS. The van der Waals surface area contributed by atoms with Crippen LogP contribution in [0, 0.1) is 0 Å². The Balaban J connectivity index is 1.48. The number of H-pyrrole nitrogens is 1. The van der Waals surface area contributed by atoms with Crippen molar-refractivity contribution in [1.29, 1.82) is 0 Å². The number of hydrogen-bond donors (Lipinski definition) is 2. The van der Waals surface area contributed by atoms with E-state index in [1.54, 1.807) is 11.8 Å². The molecular weight excluding hydrogens is 342 g/mol. The van der Waals surface area contributed by atoms with Crippen LogP contribution < -0.4 is 5.32 Å². The molecule has 0 aliphatic carbocycles. The summed E-state index contributed by atoms with van der Waals surface area (Å²) in [5.74, 6) is 1.79. The van der Waals surface area contributed by atoms with Crippen molar-refractivity contribution in [2.24, 2.45) is 0 Å². The Morgan fingerprint density at radius 3 is 2.62 bits per heavy atom. The zero-order chi connectivity index (χ0) is 18.4. The van der Waals surface area contributed by atoms with Crippen LogP contribution in [0.1, 0.15) is 42.8 Å². The third-order valence-corrected chi connectivity index (χ3v) is 5.72. The number of fused-ring (bicyclic) bond motifs is 1. The average molecular weight is 368 g/mol. The summed E-state index contributed by atoms with van der Waals surface area (Å²) in [6.45, 7) is 4.91. The number of hydrogen-bond acceptors (Lipinski definition) is 3. The molecule has 136 valence electrons. The van der Waals surface area contributed by atoms with Crippen molar-refractivity contribution < 1.29 is 4.79 Å². The minimum atomic E-state index is 0.0762. The van der Waals surface area contributed by atoms with Crippen LogP contribution in [0.2, 0.25) is 0 Å². The lowest BCUT2D eigenvalue weighted by molar-refractivity contribution is -0.118. The summed E-state index contributed by atoms with van der Waals surface area (Å²) in [5, 5.41) is 3.22. The van der Waals surface area contributed by atoms with Crippen LogP contribution in [-0.2, 0) is 4.79 Å². The molecule has 0 saturated heterocycles. The van der Waals surface area contributed by atoms with Gasteiger partial charge in [0.2, 0.25) is 5.91 Å². The standard InChI is InChI=1S/C21H25N3OS/c1-3-16(17-9-5-4-6-10-17)13-22-20(25)14-26-15(2)21-23-18-11-7-8-12-19(18)24-21/h4-12,15-16H,3,13-14H2,1-2H3,(H,22,25)(H,23,24). The number of imidazole rings is 1. The molecule has 2 aromatic carbocycles. The number of carbonyl (C=O) groups excluding carboxylic acids is 1. The van der Waals surface area contributed by atoms with Crippen LogP contribution in [0.4, 0.5) is 0 Å². The Morgan fingerprint density at radius 1 is 1.15 bits per heavy atom. The van der Waals surface area contributed by atoms with E-state index in [0.29, 0.717) is 18.2 Å². The smallest absolute Gasteiger partial charge is 0.230 e. The molecule has 1 heterocycles. The molecule has 0 spiro atoms. The predicted molar refractivity (Wildman–Crippen MR) is 109 cm³/mol. The molecule has 0 aliphatic rings. The van der Waals surface area contributed by atoms with Crippen molar-refractivity contribution in [1.82, 2.24) is 15.3 Å². The Labute approximate surface area is 158 Å². The third kappa shape index (κ3) is 4.67. The van der Waals surface area contributed by atoms with E-state index in [1.807, 2.05) is 42.5 Å². The molecule has 1 aromatic heterocycles. The van der Waals surface area contributed by atoms with Gasteiger partial charge in [-0.2, -0.15) is 0 Å². The highest BCUT2D eigenvalue weighted by Gasteiger charge is 2.15. The van der Waals surface area contributed by atoms with Crippen molar-refractivity contribution in [3.63, 3.8) is 0 Å². The first-order chi connectivity index (χ1) is 12.7. The summed E-state index contributed by atoms with van der Waals surface area (Å²) in [6, 6.07) is 18.3. The fraction of sp³-hybridized carbons (Fsp3) is 0.333. The Hall–Kier alpha value is -2.27. The fourth-order valence-electron chi connectivity index (χ4n) is 2.96. The summed E-state index contributed by atoms with van der Waals surface area (Å²) in [4.78, 5) is 20.2. The summed E-state index contributed by atoms with van der Waals surface area (Å²) in [5.41, 5.74) is 3.28. The minimum Gasteiger partial charge on any atom is -0.355 e. The van der Waals surface area contributed by atoms with Crippen molar-refractivity contribution in [3.8, 4) is 0 Å². The van der Waals surface area contributed by atoms with Crippen LogP contribution in [0.25, 0.3) is 11.0 Å². The van der Waals surface area contributed by atoms with E-state index in [4.69, 9.17) is 0 Å². The average Bonchev–Trinajstić information content (AvgIpc) is 3.12. The number of aromatic amines is 1. The van der Waals surface area contributed by atoms with Crippen molar-refractivity contribution in [2.45, 2.75) is 31.4 Å². The van der Waals surface area contributed by atoms with E-state index < -0.39 is 0 Å². The molecule has 0 fully saturated rings. The second kappa shape index (κ2) is 8.90. The molecule has 5 heteroatoms. The van der Waals surface area contributed by atoms with Crippen LogP contribution >= 0.6 is 11.8 Å². The number of benzene rings is 2. The third-order valence-electron chi connectivity index (χ3n) is 4.57. The number of thioether (sulfide) groups is 1. The predicted octanol–water partition coefficient (Wildman–Crippen LogP) is 4.67. The van der Waals surface area contributed by atoms with Gasteiger partial charge in [0.1, 0.15) is 5.82 Å². The number of nitrogens with one attached hydrogen (secondary N) is 2. The number of rotatable bonds is 8. The maximum absolute atomic E-state index is 12.2. The van der Waals surface area contributed by atoms with Gasteiger partial charge in [-0.05, 0) is 31.0 Å². The lowest BCUT2D eigenvalue weighted by Crippen LogP contribution is -2.29. The molecule has 26 heavy (non-hydrogen) atoms. The number of nitrogens with zero attached hydrogens (tertiary/aromatic N) is 1. The number of amides is 1. The first-order valence-corrected chi connectivity index (χ1v) is 10.1. The second-order valence-corrected chi connectivity index (χ2v) is 7.74. The van der Waals surface area contributed by atoms with Gasteiger partial charge >= 0.3 is 0 Å². The first kappa shape index (κ1) is 18.5. The van der Waals surface area contributed by atoms with E-state index >= 15 is 0 Å². The second-order valence-electron chi connectivity index (χ2n) is 6.41. The van der Waals surface area contributed by atoms with Gasteiger partial charge in [-0.1, -0.05) is 49.4 Å². The highest BCUT2D eigenvalue weighted by molar-refractivity contribution is 8.00. The van der Waals surface area contributed by atoms with Crippen LogP contribution in [0.15, 0.2) is 54.6 Å². The van der Waals surface area contributed by atoms with Gasteiger partial charge in [0, 0.05) is 12.5 Å².